The molecule has 0 spiro atoms. The minimum absolute atomic E-state index is 0. The van der Waals surface area contributed by atoms with Crippen LogP contribution in [0.3, 0.4) is 0 Å². The van der Waals surface area contributed by atoms with Crippen molar-refractivity contribution in [1.29, 1.82) is 0 Å². The fraction of sp³-hybridized carbons (Fsp3) is 0.600. The van der Waals surface area contributed by atoms with Crippen molar-refractivity contribution in [2.75, 3.05) is 6.54 Å². The van der Waals surface area contributed by atoms with Gasteiger partial charge in [0.2, 0.25) is 0 Å². The molecule has 0 atom stereocenters. The van der Waals surface area contributed by atoms with Gasteiger partial charge in [-0.3, -0.25) is 0 Å². The van der Waals surface area contributed by atoms with Crippen LogP contribution >= 0.6 is 12.4 Å². The van der Waals surface area contributed by atoms with Crippen LogP contribution in [0.15, 0.2) is 12.3 Å². The van der Waals surface area contributed by atoms with Crippen molar-refractivity contribution < 1.29 is 0 Å². The van der Waals surface area contributed by atoms with E-state index in [4.69, 9.17) is 0 Å². The molecule has 14 heavy (non-hydrogen) atoms. The summed E-state index contributed by atoms with van der Waals surface area (Å²) < 4.78 is 0. The quantitative estimate of drug-likeness (QED) is 0.837. The highest BCUT2D eigenvalue weighted by molar-refractivity contribution is 5.85. The maximum absolute atomic E-state index is 4.44. The molecule has 1 aromatic heterocycles. The van der Waals surface area contributed by atoms with E-state index in [1.165, 1.54) is 0 Å². The zero-order chi connectivity index (χ0) is 9.68. The van der Waals surface area contributed by atoms with Crippen LogP contribution in [0.2, 0.25) is 0 Å². The van der Waals surface area contributed by atoms with Crippen LogP contribution in [0, 0.1) is 0 Å². The third kappa shape index (κ3) is 4.03. The topological polar surface area (TPSA) is 37.8 Å². The Labute approximate surface area is 91.8 Å². The predicted octanol–water partition coefficient (Wildman–Crippen LogP) is 2.13. The van der Waals surface area contributed by atoms with Crippen LogP contribution in [0.5, 0.6) is 0 Å². The normalized spacial score (nSPS) is 10.0. The Bertz CT molecular complexity index is 263. The number of halogens is 1. The van der Waals surface area contributed by atoms with Crippen molar-refractivity contribution in [2.45, 2.75) is 33.2 Å². The van der Waals surface area contributed by atoms with Gasteiger partial charge in [0, 0.05) is 18.7 Å². The standard InChI is InChI=1S/C10H17N3.ClH/c1-4-11-7-9-5-6-12-10(13-9)8(2)3;/h5-6,8,11H,4,7H2,1-3H3;1H. The molecule has 3 nitrogen and oxygen atoms in total. The number of hydrogen-bond donors (Lipinski definition) is 1. The number of aromatic nitrogens is 2. The van der Waals surface area contributed by atoms with Crippen LogP contribution in [0.25, 0.3) is 0 Å². The van der Waals surface area contributed by atoms with Crippen molar-refractivity contribution in [3.05, 3.63) is 23.8 Å². The van der Waals surface area contributed by atoms with E-state index in [2.05, 4.69) is 36.1 Å². The summed E-state index contributed by atoms with van der Waals surface area (Å²) >= 11 is 0. The third-order valence-corrected chi connectivity index (χ3v) is 1.80. The van der Waals surface area contributed by atoms with Crippen LogP contribution in [0.1, 0.15) is 38.2 Å². The number of rotatable bonds is 4. The Morgan fingerprint density at radius 1 is 1.43 bits per heavy atom. The predicted molar refractivity (Wildman–Crippen MR) is 60.7 cm³/mol. The molecule has 0 aliphatic carbocycles. The third-order valence-electron chi connectivity index (χ3n) is 1.80. The van der Waals surface area contributed by atoms with E-state index in [1.807, 2.05) is 12.3 Å². The summed E-state index contributed by atoms with van der Waals surface area (Å²) in [5.74, 6) is 1.33. The van der Waals surface area contributed by atoms with Crippen molar-refractivity contribution in [2.24, 2.45) is 0 Å². The van der Waals surface area contributed by atoms with E-state index in [9.17, 15) is 0 Å². The molecule has 1 aromatic rings. The molecule has 0 unspecified atom stereocenters. The molecule has 0 aromatic carbocycles. The fourth-order valence-corrected chi connectivity index (χ4v) is 1.04. The molecular weight excluding hydrogens is 198 g/mol. The molecule has 0 aliphatic rings. The second-order valence-corrected chi connectivity index (χ2v) is 3.34. The van der Waals surface area contributed by atoms with E-state index < -0.39 is 0 Å². The van der Waals surface area contributed by atoms with E-state index in [0.717, 1.165) is 24.6 Å². The second-order valence-electron chi connectivity index (χ2n) is 3.34. The summed E-state index contributed by atoms with van der Waals surface area (Å²) in [6.45, 7) is 8.10. The molecule has 80 valence electrons. The van der Waals surface area contributed by atoms with Gasteiger partial charge in [-0.1, -0.05) is 20.8 Å². The van der Waals surface area contributed by atoms with Crippen molar-refractivity contribution >= 4 is 12.4 Å². The minimum atomic E-state index is 0. The van der Waals surface area contributed by atoms with E-state index in [-0.39, 0.29) is 12.4 Å². The summed E-state index contributed by atoms with van der Waals surface area (Å²) in [6.07, 6.45) is 1.83. The van der Waals surface area contributed by atoms with Crippen molar-refractivity contribution in [3.8, 4) is 0 Å². The Morgan fingerprint density at radius 2 is 2.14 bits per heavy atom. The highest BCUT2D eigenvalue weighted by Gasteiger charge is 2.02. The van der Waals surface area contributed by atoms with Gasteiger partial charge in [0.25, 0.3) is 0 Å². The largest absolute Gasteiger partial charge is 0.311 e. The molecule has 0 saturated carbocycles. The molecule has 0 bridgehead atoms. The first-order valence-electron chi connectivity index (χ1n) is 4.76. The zero-order valence-corrected chi connectivity index (χ0v) is 9.77. The Morgan fingerprint density at radius 3 is 2.71 bits per heavy atom. The first-order valence-corrected chi connectivity index (χ1v) is 4.76. The molecule has 1 N–H and O–H groups in total. The Kier molecular flexibility index (Phi) is 6.41. The van der Waals surface area contributed by atoms with Gasteiger partial charge in [-0.05, 0) is 12.6 Å². The highest BCUT2D eigenvalue weighted by atomic mass is 35.5. The number of nitrogens with zero attached hydrogens (tertiary/aromatic N) is 2. The van der Waals surface area contributed by atoms with Crippen LogP contribution < -0.4 is 5.32 Å². The van der Waals surface area contributed by atoms with E-state index in [1.54, 1.807) is 0 Å². The molecule has 0 amide bonds. The van der Waals surface area contributed by atoms with Crippen LogP contribution in [-0.4, -0.2) is 16.5 Å². The van der Waals surface area contributed by atoms with Gasteiger partial charge in [-0.25, -0.2) is 9.97 Å². The molecule has 0 fully saturated rings. The number of hydrogen-bond acceptors (Lipinski definition) is 3. The lowest BCUT2D eigenvalue weighted by atomic mass is 10.2. The summed E-state index contributed by atoms with van der Waals surface area (Å²) in [7, 11) is 0. The first kappa shape index (κ1) is 13.3. The van der Waals surface area contributed by atoms with Gasteiger partial charge < -0.3 is 5.32 Å². The van der Waals surface area contributed by atoms with E-state index >= 15 is 0 Å². The SMILES string of the molecule is CCNCc1ccnc(C(C)C)n1.Cl. The highest BCUT2D eigenvalue weighted by Crippen LogP contribution is 2.07. The average Bonchev–Trinajstić information content (AvgIpc) is 2.15. The molecule has 1 heterocycles. The summed E-state index contributed by atoms with van der Waals surface area (Å²) in [5, 5.41) is 3.24. The maximum Gasteiger partial charge on any atom is 0.131 e. The second kappa shape index (κ2) is 6.74. The van der Waals surface area contributed by atoms with Crippen molar-refractivity contribution in [3.63, 3.8) is 0 Å². The molecular formula is C10H18ClN3. The summed E-state index contributed by atoms with van der Waals surface area (Å²) in [5.41, 5.74) is 1.07. The lowest BCUT2D eigenvalue weighted by Crippen LogP contribution is -2.14. The van der Waals surface area contributed by atoms with Crippen molar-refractivity contribution in [1.82, 2.24) is 15.3 Å². The van der Waals surface area contributed by atoms with Gasteiger partial charge in [-0.2, -0.15) is 0 Å². The molecule has 4 heteroatoms. The average molecular weight is 216 g/mol. The van der Waals surface area contributed by atoms with Gasteiger partial charge in [-0.15, -0.1) is 12.4 Å². The van der Waals surface area contributed by atoms with Gasteiger partial charge >= 0.3 is 0 Å². The minimum Gasteiger partial charge on any atom is -0.311 e. The Hall–Kier alpha value is -0.670. The monoisotopic (exact) mass is 215 g/mol. The van der Waals surface area contributed by atoms with Crippen LogP contribution in [0.4, 0.5) is 0 Å². The lowest BCUT2D eigenvalue weighted by Gasteiger charge is -2.05. The smallest absolute Gasteiger partial charge is 0.131 e. The molecule has 0 aliphatic heterocycles. The van der Waals surface area contributed by atoms with Gasteiger partial charge in [0.15, 0.2) is 0 Å². The first-order chi connectivity index (χ1) is 6.24. The van der Waals surface area contributed by atoms with Crippen LogP contribution in [-0.2, 0) is 6.54 Å². The zero-order valence-electron chi connectivity index (χ0n) is 8.95. The van der Waals surface area contributed by atoms with Gasteiger partial charge in [0.1, 0.15) is 5.82 Å². The fourth-order valence-electron chi connectivity index (χ4n) is 1.04. The van der Waals surface area contributed by atoms with Gasteiger partial charge in [0.05, 0.1) is 5.69 Å². The summed E-state index contributed by atoms with van der Waals surface area (Å²) in [4.78, 5) is 8.64. The molecule has 1 rings (SSSR count). The summed E-state index contributed by atoms with van der Waals surface area (Å²) in [6, 6.07) is 1.95. The lowest BCUT2D eigenvalue weighted by molar-refractivity contribution is 0.687. The Balaban J connectivity index is 0.00000169. The molecule has 0 radical (unpaired) electrons. The van der Waals surface area contributed by atoms with E-state index in [0.29, 0.717) is 5.92 Å². The number of nitrogens with one attached hydrogen (secondary N) is 1. The molecule has 0 saturated heterocycles. The maximum atomic E-state index is 4.44.